The molecule has 17 heavy (non-hydrogen) atoms. The maximum atomic E-state index is 12.5. The zero-order chi connectivity index (χ0) is 13.1. The number of nitrogen functional groups attached to an aromatic ring is 1. The highest BCUT2D eigenvalue weighted by Gasteiger charge is 2.34. The SMILES string of the molecule is CC(C)COc1cc(C(F)(F)F)nc(NN)n1. The summed E-state index contributed by atoms with van der Waals surface area (Å²) in [7, 11) is 0. The maximum absolute atomic E-state index is 12.5. The van der Waals surface area contributed by atoms with Gasteiger partial charge in [0.25, 0.3) is 0 Å². The minimum atomic E-state index is -4.56. The van der Waals surface area contributed by atoms with Gasteiger partial charge in [-0.2, -0.15) is 18.2 Å². The van der Waals surface area contributed by atoms with Crippen molar-refractivity contribution in [3.05, 3.63) is 11.8 Å². The van der Waals surface area contributed by atoms with Gasteiger partial charge in [-0.05, 0) is 5.92 Å². The second-order valence-electron chi connectivity index (χ2n) is 3.76. The van der Waals surface area contributed by atoms with Gasteiger partial charge in [0, 0.05) is 6.07 Å². The van der Waals surface area contributed by atoms with Gasteiger partial charge in [0.1, 0.15) is 0 Å². The molecule has 1 rings (SSSR count). The maximum Gasteiger partial charge on any atom is 0.433 e. The number of nitrogens with zero attached hydrogens (tertiary/aromatic N) is 2. The molecule has 0 saturated heterocycles. The standard InChI is InChI=1S/C9H13F3N4O/c1-5(2)4-17-7-3-6(9(10,11)12)14-8(15-7)16-13/h3,5H,4,13H2,1-2H3,(H,14,15,16). The average Bonchev–Trinajstić information content (AvgIpc) is 2.24. The molecular formula is C9H13F3N4O. The number of aromatic nitrogens is 2. The van der Waals surface area contributed by atoms with Crippen LogP contribution in [0, 0.1) is 5.92 Å². The Morgan fingerprint density at radius 1 is 1.41 bits per heavy atom. The van der Waals surface area contributed by atoms with Crippen molar-refractivity contribution < 1.29 is 17.9 Å². The molecule has 0 amide bonds. The molecule has 1 heterocycles. The quantitative estimate of drug-likeness (QED) is 0.629. The summed E-state index contributed by atoms with van der Waals surface area (Å²) in [4.78, 5) is 6.87. The van der Waals surface area contributed by atoms with E-state index in [4.69, 9.17) is 10.6 Å². The third kappa shape index (κ3) is 4.06. The molecule has 0 spiro atoms. The van der Waals surface area contributed by atoms with Crippen molar-refractivity contribution in [2.24, 2.45) is 11.8 Å². The fraction of sp³-hybridized carbons (Fsp3) is 0.556. The van der Waals surface area contributed by atoms with Crippen LogP contribution in [0.15, 0.2) is 6.07 Å². The van der Waals surface area contributed by atoms with E-state index in [9.17, 15) is 13.2 Å². The Labute approximate surface area is 96.2 Å². The second-order valence-corrected chi connectivity index (χ2v) is 3.76. The lowest BCUT2D eigenvalue weighted by Crippen LogP contribution is -2.16. The first-order valence-corrected chi connectivity index (χ1v) is 4.88. The molecule has 0 unspecified atom stereocenters. The summed E-state index contributed by atoms with van der Waals surface area (Å²) < 4.78 is 42.5. The molecule has 0 saturated carbocycles. The van der Waals surface area contributed by atoms with Gasteiger partial charge in [0.05, 0.1) is 6.61 Å². The lowest BCUT2D eigenvalue weighted by molar-refractivity contribution is -0.141. The van der Waals surface area contributed by atoms with Crippen molar-refractivity contribution in [2.45, 2.75) is 20.0 Å². The number of rotatable bonds is 4. The number of halogens is 3. The summed E-state index contributed by atoms with van der Waals surface area (Å²) in [6.45, 7) is 4.00. The molecule has 1 aromatic rings. The van der Waals surface area contributed by atoms with Crippen LogP contribution in [0.4, 0.5) is 19.1 Å². The van der Waals surface area contributed by atoms with Crippen molar-refractivity contribution in [3.8, 4) is 5.88 Å². The molecule has 0 fully saturated rings. The molecule has 0 atom stereocenters. The van der Waals surface area contributed by atoms with Crippen LogP contribution >= 0.6 is 0 Å². The second kappa shape index (κ2) is 5.17. The van der Waals surface area contributed by atoms with Gasteiger partial charge >= 0.3 is 6.18 Å². The molecule has 1 aromatic heterocycles. The third-order valence-corrected chi connectivity index (χ3v) is 1.69. The van der Waals surface area contributed by atoms with Gasteiger partial charge in [0.2, 0.25) is 11.8 Å². The predicted molar refractivity (Wildman–Crippen MR) is 55.2 cm³/mol. The monoisotopic (exact) mass is 250 g/mol. The molecule has 8 heteroatoms. The number of hydrogen-bond donors (Lipinski definition) is 2. The van der Waals surface area contributed by atoms with E-state index in [1.807, 2.05) is 19.3 Å². The Bertz CT molecular complexity index is 381. The van der Waals surface area contributed by atoms with E-state index >= 15 is 0 Å². The fourth-order valence-corrected chi connectivity index (χ4v) is 0.961. The predicted octanol–water partition coefficient (Wildman–Crippen LogP) is 1.82. The zero-order valence-electron chi connectivity index (χ0n) is 9.38. The number of alkyl halides is 3. The summed E-state index contributed by atoms with van der Waals surface area (Å²) in [5.41, 5.74) is 0.867. The summed E-state index contributed by atoms with van der Waals surface area (Å²) in [5.74, 6) is 4.67. The van der Waals surface area contributed by atoms with E-state index in [2.05, 4.69) is 9.97 Å². The summed E-state index contributed by atoms with van der Waals surface area (Å²) >= 11 is 0. The number of ether oxygens (including phenoxy) is 1. The minimum absolute atomic E-state index is 0.158. The Kier molecular flexibility index (Phi) is 4.11. The topological polar surface area (TPSA) is 73.1 Å². The van der Waals surface area contributed by atoms with Crippen LogP contribution in [0.25, 0.3) is 0 Å². The largest absolute Gasteiger partial charge is 0.477 e. The number of nitrogens with two attached hydrogens (primary N) is 1. The molecule has 0 aromatic carbocycles. The van der Waals surface area contributed by atoms with Crippen molar-refractivity contribution in [1.29, 1.82) is 0 Å². The van der Waals surface area contributed by atoms with Crippen molar-refractivity contribution >= 4 is 5.95 Å². The van der Waals surface area contributed by atoms with Gasteiger partial charge in [-0.15, -0.1) is 0 Å². The van der Waals surface area contributed by atoms with Crippen LogP contribution in [0.5, 0.6) is 5.88 Å². The molecule has 0 aliphatic heterocycles. The van der Waals surface area contributed by atoms with Gasteiger partial charge in [-0.25, -0.2) is 10.8 Å². The zero-order valence-corrected chi connectivity index (χ0v) is 9.38. The Morgan fingerprint density at radius 3 is 2.53 bits per heavy atom. The normalized spacial score (nSPS) is 11.7. The minimum Gasteiger partial charge on any atom is -0.477 e. The van der Waals surface area contributed by atoms with Crippen LogP contribution in [0.2, 0.25) is 0 Å². The van der Waals surface area contributed by atoms with Crippen molar-refractivity contribution in [3.63, 3.8) is 0 Å². The van der Waals surface area contributed by atoms with Gasteiger partial charge in [-0.3, -0.25) is 5.43 Å². The average molecular weight is 250 g/mol. The highest BCUT2D eigenvalue weighted by molar-refractivity contribution is 5.30. The van der Waals surface area contributed by atoms with Crippen LogP contribution in [-0.4, -0.2) is 16.6 Å². The molecular weight excluding hydrogens is 237 g/mol. The Balaban J connectivity index is 2.97. The highest BCUT2D eigenvalue weighted by Crippen LogP contribution is 2.30. The van der Waals surface area contributed by atoms with Gasteiger partial charge < -0.3 is 4.74 Å². The first-order valence-electron chi connectivity index (χ1n) is 4.88. The highest BCUT2D eigenvalue weighted by atomic mass is 19.4. The molecule has 96 valence electrons. The molecule has 0 radical (unpaired) electrons. The van der Waals surface area contributed by atoms with E-state index in [1.165, 1.54) is 0 Å². The van der Waals surface area contributed by atoms with Crippen molar-refractivity contribution in [1.82, 2.24) is 9.97 Å². The summed E-state index contributed by atoms with van der Waals surface area (Å²) in [6, 6.07) is 0.739. The Morgan fingerprint density at radius 2 is 2.06 bits per heavy atom. The van der Waals surface area contributed by atoms with Crippen molar-refractivity contribution in [2.75, 3.05) is 12.0 Å². The molecule has 0 aliphatic rings. The first kappa shape index (κ1) is 13.5. The first-order chi connectivity index (χ1) is 7.82. The van der Waals surface area contributed by atoms with E-state index in [0.717, 1.165) is 6.07 Å². The van der Waals surface area contributed by atoms with Crippen LogP contribution in [0.3, 0.4) is 0 Å². The van der Waals surface area contributed by atoms with E-state index in [0.29, 0.717) is 0 Å². The number of anilines is 1. The van der Waals surface area contributed by atoms with Crippen LogP contribution in [0.1, 0.15) is 19.5 Å². The number of nitrogens with one attached hydrogen (secondary N) is 1. The molecule has 5 nitrogen and oxygen atoms in total. The molecule has 3 N–H and O–H groups in total. The van der Waals surface area contributed by atoms with E-state index in [-0.39, 0.29) is 24.4 Å². The summed E-state index contributed by atoms with van der Waals surface area (Å²) in [6.07, 6.45) is -4.56. The van der Waals surface area contributed by atoms with Crippen LogP contribution < -0.4 is 16.0 Å². The van der Waals surface area contributed by atoms with Crippen LogP contribution in [-0.2, 0) is 6.18 Å². The van der Waals surface area contributed by atoms with Gasteiger partial charge in [0.15, 0.2) is 5.69 Å². The fourth-order valence-electron chi connectivity index (χ4n) is 0.961. The number of hydrazine groups is 1. The van der Waals surface area contributed by atoms with E-state index in [1.54, 1.807) is 0 Å². The molecule has 0 aliphatic carbocycles. The Hall–Kier alpha value is -1.57. The third-order valence-electron chi connectivity index (χ3n) is 1.69. The lowest BCUT2D eigenvalue weighted by Gasteiger charge is -2.11. The number of hydrogen-bond acceptors (Lipinski definition) is 5. The smallest absolute Gasteiger partial charge is 0.433 e. The molecule has 0 bridgehead atoms. The van der Waals surface area contributed by atoms with E-state index < -0.39 is 11.9 Å². The summed E-state index contributed by atoms with van der Waals surface area (Å²) in [5, 5.41) is 0. The lowest BCUT2D eigenvalue weighted by atomic mass is 10.2. The van der Waals surface area contributed by atoms with Gasteiger partial charge in [-0.1, -0.05) is 13.8 Å².